The van der Waals surface area contributed by atoms with Gasteiger partial charge in [0.1, 0.15) is 12.3 Å². The zero-order chi connectivity index (χ0) is 15.8. The number of ether oxygens (including phenoxy) is 1. The van der Waals surface area contributed by atoms with Gasteiger partial charge < -0.3 is 20.5 Å². The minimum atomic E-state index is -1.20. The van der Waals surface area contributed by atoms with Crippen molar-refractivity contribution in [2.45, 2.75) is 4.90 Å². The standard InChI is InChI=1S/C13H16N2O5S/c1-20-9-2-4-10(5-3-9)21-8-12(17)15(6-11(14)16)7-13(18)19/h2-5H,6-8H2,1H3,(H2,14,16)(H,18,19). The van der Waals surface area contributed by atoms with E-state index in [1.807, 2.05) is 0 Å². The molecule has 0 unspecified atom stereocenters. The maximum Gasteiger partial charge on any atom is 0.323 e. The van der Waals surface area contributed by atoms with Crippen LogP contribution in [0.5, 0.6) is 5.75 Å². The highest BCUT2D eigenvalue weighted by Crippen LogP contribution is 2.21. The first kappa shape index (κ1) is 16.8. The summed E-state index contributed by atoms with van der Waals surface area (Å²) in [5.41, 5.74) is 5.00. The fourth-order valence-corrected chi connectivity index (χ4v) is 2.29. The van der Waals surface area contributed by atoms with Crippen molar-refractivity contribution in [2.75, 3.05) is 26.0 Å². The molecule has 0 aliphatic carbocycles. The third-order valence-electron chi connectivity index (χ3n) is 2.45. The zero-order valence-corrected chi connectivity index (χ0v) is 12.3. The van der Waals surface area contributed by atoms with Crippen LogP contribution in [0.15, 0.2) is 29.2 Å². The number of methoxy groups -OCH3 is 1. The number of hydrogen-bond acceptors (Lipinski definition) is 5. The van der Waals surface area contributed by atoms with Crippen LogP contribution >= 0.6 is 11.8 Å². The van der Waals surface area contributed by atoms with Crippen LogP contribution in [-0.4, -0.2) is 53.7 Å². The summed E-state index contributed by atoms with van der Waals surface area (Å²) in [6.45, 7) is -0.959. The maximum atomic E-state index is 11.9. The Bertz CT molecular complexity index is 502. The van der Waals surface area contributed by atoms with Gasteiger partial charge >= 0.3 is 5.97 Å². The summed E-state index contributed by atoms with van der Waals surface area (Å²) in [4.78, 5) is 35.2. The lowest BCUT2D eigenvalue weighted by atomic mass is 10.3. The number of carbonyl (C=O) groups excluding carboxylic acids is 2. The van der Waals surface area contributed by atoms with E-state index in [4.69, 9.17) is 15.6 Å². The van der Waals surface area contributed by atoms with Crippen molar-refractivity contribution in [3.05, 3.63) is 24.3 Å². The van der Waals surface area contributed by atoms with Crippen molar-refractivity contribution in [1.82, 2.24) is 4.90 Å². The Morgan fingerprint density at radius 2 is 1.86 bits per heavy atom. The number of nitrogens with zero attached hydrogens (tertiary/aromatic N) is 1. The van der Waals surface area contributed by atoms with Crippen molar-refractivity contribution in [1.29, 1.82) is 0 Å². The molecular weight excluding hydrogens is 296 g/mol. The predicted molar refractivity (Wildman–Crippen MR) is 77.1 cm³/mol. The number of carbonyl (C=O) groups is 3. The molecule has 21 heavy (non-hydrogen) atoms. The van der Waals surface area contributed by atoms with E-state index in [1.165, 1.54) is 11.8 Å². The van der Waals surface area contributed by atoms with Crippen molar-refractivity contribution >= 4 is 29.5 Å². The molecule has 0 heterocycles. The molecule has 1 aromatic carbocycles. The number of nitrogens with two attached hydrogens (primary N) is 1. The second-order valence-electron chi connectivity index (χ2n) is 4.07. The van der Waals surface area contributed by atoms with Crippen LogP contribution in [0, 0.1) is 0 Å². The van der Waals surface area contributed by atoms with Crippen LogP contribution in [-0.2, 0) is 14.4 Å². The highest BCUT2D eigenvalue weighted by Gasteiger charge is 2.18. The van der Waals surface area contributed by atoms with E-state index in [9.17, 15) is 14.4 Å². The van der Waals surface area contributed by atoms with Gasteiger partial charge in [-0.15, -0.1) is 11.8 Å². The number of benzene rings is 1. The fraction of sp³-hybridized carbons (Fsp3) is 0.308. The second-order valence-corrected chi connectivity index (χ2v) is 5.12. The van der Waals surface area contributed by atoms with E-state index in [0.29, 0.717) is 5.75 Å². The highest BCUT2D eigenvalue weighted by molar-refractivity contribution is 8.00. The number of thioether (sulfide) groups is 1. The molecule has 0 bridgehead atoms. The lowest BCUT2D eigenvalue weighted by Crippen LogP contribution is -2.42. The lowest BCUT2D eigenvalue weighted by Gasteiger charge is -2.18. The molecule has 8 heteroatoms. The fourth-order valence-electron chi connectivity index (χ4n) is 1.49. The lowest BCUT2D eigenvalue weighted by molar-refractivity contribution is -0.144. The van der Waals surface area contributed by atoms with Crippen LogP contribution < -0.4 is 10.5 Å². The van der Waals surface area contributed by atoms with Crippen molar-refractivity contribution in [3.8, 4) is 5.75 Å². The quantitative estimate of drug-likeness (QED) is 0.663. The second kappa shape index (κ2) is 8.15. The molecule has 7 nitrogen and oxygen atoms in total. The van der Waals surface area contributed by atoms with E-state index in [2.05, 4.69) is 0 Å². The molecule has 114 valence electrons. The molecule has 0 radical (unpaired) electrons. The Labute approximate surface area is 126 Å². The van der Waals surface area contributed by atoms with Crippen LogP contribution in [0.1, 0.15) is 0 Å². The molecule has 1 rings (SSSR count). The largest absolute Gasteiger partial charge is 0.497 e. The van der Waals surface area contributed by atoms with Crippen molar-refractivity contribution in [3.63, 3.8) is 0 Å². The van der Waals surface area contributed by atoms with Gasteiger partial charge in [0.2, 0.25) is 11.8 Å². The molecule has 0 saturated carbocycles. The van der Waals surface area contributed by atoms with E-state index < -0.39 is 30.9 Å². The molecule has 0 spiro atoms. The first-order valence-corrected chi connectivity index (χ1v) is 6.95. The summed E-state index contributed by atoms with van der Waals surface area (Å²) in [5.74, 6) is -1.69. The topological polar surface area (TPSA) is 110 Å². The molecule has 0 saturated heterocycles. The van der Waals surface area contributed by atoms with Gasteiger partial charge in [0, 0.05) is 4.90 Å². The number of carboxylic acid groups (broad SMARTS) is 1. The predicted octanol–water partition coefficient (Wildman–Crippen LogP) is 0.186. The zero-order valence-electron chi connectivity index (χ0n) is 11.4. The summed E-state index contributed by atoms with van der Waals surface area (Å²) in [6, 6.07) is 7.08. The van der Waals surface area contributed by atoms with Crippen molar-refractivity contribution in [2.24, 2.45) is 5.73 Å². The molecular formula is C13H16N2O5S. The summed E-state index contributed by atoms with van der Waals surface area (Å²) >= 11 is 1.24. The molecule has 3 N–H and O–H groups in total. The van der Waals surface area contributed by atoms with Crippen LogP contribution in [0.25, 0.3) is 0 Å². The Kier molecular flexibility index (Phi) is 6.54. The average molecular weight is 312 g/mol. The van der Waals surface area contributed by atoms with E-state index >= 15 is 0 Å². The molecule has 0 aliphatic rings. The Balaban J connectivity index is 2.59. The van der Waals surface area contributed by atoms with Gasteiger partial charge in [0.05, 0.1) is 19.4 Å². The minimum absolute atomic E-state index is 0.0207. The van der Waals surface area contributed by atoms with Gasteiger partial charge in [-0.05, 0) is 24.3 Å². The Morgan fingerprint density at radius 1 is 1.24 bits per heavy atom. The average Bonchev–Trinajstić information content (AvgIpc) is 2.43. The van der Waals surface area contributed by atoms with E-state index in [-0.39, 0.29) is 5.75 Å². The first-order valence-electron chi connectivity index (χ1n) is 5.97. The van der Waals surface area contributed by atoms with Gasteiger partial charge in [-0.2, -0.15) is 0 Å². The number of aliphatic carboxylic acids is 1. The van der Waals surface area contributed by atoms with Crippen molar-refractivity contribution < 1.29 is 24.2 Å². The maximum absolute atomic E-state index is 11.9. The number of carboxylic acids is 1. The molecule has 1 aromatic rings. The van der Waals surface area contributed by atoms with Crippen LogP contribution in [0.3, 0.4) is 0 Å². The first-order chi connectivity index (χ1) is 9.92. The minimum Gasteiger partial charge on any atom is -0.497 e. The van der Waals surface area contributed by atoms with Crippen LogP contribution in [0.2, 0.25) is 0 Å². The Morgan fingerprint density at radius 3 is 2.33 bits per heavy atom. The summed E-state index contributed by atoms with van der Waals surface area (Å²) in [6.07, 6.45) is 0. The number of hydrogen-bond donors (Lipinski definition) is 2. The van der Waals surface area contributed by atoms with Crippen LogP contribution in [0.4, 0.5) is 0 Å². The Hall–Kier alpha value is -2.22. The molecule has 2 amide bonds. The molecule has 0 atom stereocenters. The van der Waals surface area contributed by atoms with Gasteiger partial charge in [-0.1, -0.05) is 0 Å². The monoisotopic (exact) mass is 312 g/mol. The summed E-state index contributed by atoms with van der Waals surface area (Å²) < 4.78 is 5.02. The normalized spacial score (nSPS) is 9.95. The van der Waals surface area contributed by atoms with Gasteiger partial charge in [-0.3, -0.25) is 14.4 Å². The molecule has 0 aliphatic heterocycles. The van der Waals surface area contributed by atoms with Gasteiger partial charge in [0.15, 0.2) is 0 Å². The number of primary amides is 1. The SMILES string of the molecule is COc1ccc(SCC(=O)N(CC(N)=O)CC(=O)O)cc1. The summed E-state index contributed by atoms with van der Waals surface area (Å²) in [5, 5.41) is 8.72. The highest BCUT2D eigenvalue weighted by atomic mass is 32.2. The van der Waals surface area contributed by atoms with Gasteiger partial charge in [0.25, 0.3) is 0 Å². The molecule has 0 fully saturated rings. The van der Waals surface area contributed by atoms with E-state index in [1.54, 1.807) is 31.4 Å². The third-order valence-corrected chi connectivity index (χ3v) is 3.44. The van der Waals surface area contributed by atoms with Gasteiger partial charge in [-0.25, -0.2) is 0 Å². The van der Waals surface area contributed by atoms with E-state index in [0.717, 1.165) is 9.80 Å². The number of amides is 2. The summed E-state index contributed by atoms with van der Waals surface area (Å²) in [7, 11) is 1.55. The third kappa shape index (κ3) is 6.17. The smallest absolute Gasteiger partial charge is 0.323 e. The number of rotatable bonds is 8. The molecule has 0 aromatic heterocycles.